The minimum absolute atomic E-state index is 0. The number of quaternary nitrogens is 1. The van der Waals surface area contributed by atoms with Gasteiger partial charge in [-0.15, -0.1) is 0 Å². The quantitative estimate of drug-likeness (QED) is 0.113. The summed E-state index contributed by atoms with van der Waals surface area (Å²) >= 11 is 1.53. The van der Waals surface area contributed by atoms with E-state index in [1.54, 1.807) is 0 Å². The molecular weight excluding hydrogens is 540 g/mol. The van der Waals surface area contributed by atoms with Gasteiger partial charge in [-0.3, -0.25) is 19.0 Å². The van der Waals surface area contributed by atoms with Gasteiger partial charge in [0.05, 0.1) is 55.9 Å². The zero-order valence-corrected chi connectivity index (χ0v) is 25.7. The lowest BCUT2D eigenvalue weighted by Crippen LogP contribution is -2.61. The van der Waals surface area contributed by atoms with Crippen LogP contribution in [0.25, 0.3) is 10.1 Å². The second kappa shape index (κ2) is 14.0. The van der Waals surface area contributed by atoms with Crippen LogP contribution in [0.2, 0.25) is 0 Å². The van der Waals surface area contributed by atoms with Gasteiger partial charge in [-0.05, 0) is 61.7 Å². The molecule has 1 saturated carbocycles. The van der Waals surface area contributed by atoms with Crippen molar-refractivity contribution < 1.29 is 28.3 Å². The molecule has 0 spiro atoms. The maximum atomic E-state index is 12.9. The molecule has 5 rings (SSSR count). The molecule has 2 amide bonds. The predicted octanol–water partition coefficient (Wildman–Crippen LogP) is 5.50. The Morgan fingerprint density at radius 1 is 1.05 bits per heavy atom. The highest BCUT2D eigenvalue weighted by atomic mass is 32.1. The first-order valence-electron chi connectivity index (χ1n) is 15.0. The summed E-state index contributed by atoms with van der Waals surface area (Å²) in [6, 6.07) is 8.31. The highest BCUT2D eigenvalue weighted by Crippen LogP contribution is 2.38. The van der Waals surface area contributed by atoms with Gasteiger partial charge >= 0.3 is 6.16 Å². The Hall–Kier alpha value is -2.72. The SMILES string of the molecule is CC(C)CCOC(=O)OC[N+]1(CCCCN2C(=O)C3CCCCC3C2=O)CCN(c2nsc3ccccc23)CC1.[CH3-]. The monoisotopic (exact) mass is 586 g/mol. The molecule has 2 aliphatic heterocycles. The van der Waals surface area contributed by atoms with Gasteiger partial charge in [0.25, 0.3) is 0 Å². The van der Waals surface area contributed by atoms with Crippen LogP contribution in [0.1, 0.15) is 58.8 Å². The molecule has 3 heterocycles. The molecule has 2 aromatic rings. The van der Waals surface area contributed by atoms with Crippen molar-refractivity contribution in [1.29, 1.82) is 0 Å². The predicted molar refractivity (Wildman–Crippen MR) is 161 cm³/mol. The van der Waals surface area contributed by atoms with E-state index in [2.05, 4.69) is 30.9 Å². The number of aromatic nitrogens is 1. The van der Waals surface area contributed by atoms with E-state index in [1.807, 2.05) is 12.1 Å². The summed E-state index contributed by atoms with van der Waals surface area (Å²) in [5.74, 6) is 1.37. The maximum Gasteiger partial charge on any atom is 0.512 e. The summed E-state index contributed by atoms with van der Waals surface area (Å²) in [6.45, 7) is 9.37. The lowest BCUT2D eigenvalue weighted by atomic mass is 9.81. The lowest BCUT2D eigenvalue weighted by Gasteiger charge is -2.44. The topological polar surface area (TPSA) is 89.0 Å². The Labute approximate surface area is 248 Å². The van der Waals surface area contributed by atoms with Gasteiger partial charge in [-0.1, -0.05) is 38.8 Å². The number of amides is 2. The van der Waals surface area contributed by atoms with Crippen molar-refractivity contribution in [3.8, 4) is 0 Å². The summed E-state index contributed by atoms with van der Waals surface area (Å²) in [7, 11) is 0. The van der Waals surface area contributed by atoms with Crippen molar-refractivity contribution in [3.05, 3.63) is 31.7 Å². The Bertz CT molecular complexity index is 1170. The van der Waals surface area contributed by atoms with Crippen molar-refractivity contribution in [2.75, 3.05) is 57.5 Å². The molecule has 3 fully saturated rings. The van der Waals surface area contributed by atoms with Gasteiger partial charge in [-0.25, -0.2) is 4.79 Å². The minimum atomic E-state index is -0.609. The summed E-state index contributed by atoms with van der Waals surface area (Å²) in [4.78, 5) is 42.0. The van der Waals surface area contributed by atoms with Gasteiger partial charge in [0.15, 0.2) is 5.82 Å². The third-order valence-electron chi connectivity index (χ3n) is 8.91. The fraction of sp³-hybridized carbons (Fsp3) is 0.645. The van der Waals surface area contributed by atoms with E-state index in [1.165, 1.54) is 26.5 Å². The van der Waals surface area contributed by atoms with E-state index < -0.39 is 6.16 Å². The molecule has 0 N–H and O–H groups in total. The number of carbonyl (C=O) groups is 3. The van der Waals surface area contributed by atoms with Crippen LogP contribution in [0, 0.1) is 25.2 Å². The van der Waals surface area contributed by atoms with Crippen LogP contribution in [0.4, 0.5) is 10.6 Å². The van der Waals surface area contributed by atoms with Crippen molar-refractivity contribution >= 4 is 45.4 Å². The molecule has 10 heteroatoms. The van der Waals surface area contributed by atoms with E-state index in [-0.39, 0.29) is 37.8 Å². The van der Waals surface area contributed by atoms with E-state index in [9.17, 15) is 14.4 Å². The number of piperazine rings is 1. The standard InChI is InChI=1S/C30H43N4O5S.CH3/c1-22(2)13-20-38-30(37)39-21-34(17-8-7-14-33-28(35)23-9-3-4-10-24(23)29(33)36)18-15-32(16-19-34)27-25-11-5-6-12-26(25)40-31-27;/h5-6,11-12,22-24H,3-4,7-10,13-21H2,1-2H3;1H3/q+1;-1. The number of imide groups is 1. The molecule has 1 aliphatic carbocycles. The number of anilines is 1. The highest BCUT2D eigenvalue weighted by molar-refractivity contribution is 7.13. The van der Waals surface area contributed by atoms with Crippen LogP contribution >= 0.6 is 11.5 Å². The number of likely N-dealkylation sites (tertiary alicyclic amines) is 1. The summed E-state index contributed by atoms with van der Waals surface area (Å²) < 4.78 is 17.5. The number of benzene rings is 1. The number of hydrogen-bond acceptors (Lipinski definition) is 8. The molecule has 1 aromatic carbocycles. The second-order valence-corrected chi connectivity index (χ2v) is 12.9. The summed E-state index contributed by atoms with van der Waals surface area (Å²) in [5.41, 5.74) is 0. The normalized spacial score (nSPS) is 22.1. The Morgan fingerprint density at radius 2 is 1.73 bits per heavy atom. The zero-order chi connectivity index (χ0) is 28.1. The number of fused-ring (bicyclic) bond motifs is 2. The summed E-state index contributed by atoms with van der Waals surface area (Å²) in [6.07, 6.45) is 5.59. The van der Waals surface area contributed by atoms with Crippen molar-refractivity contribution in [2.45, 2.75) is 58.8 Å². The van der Waals surface area contributed by atoms with Crippen LogP contribution in [0.15, 0.2) is 24.3 Å². The first-order valence-corrected chi connectivity index (χ1v) is 15.7. The molecule has 0 radical (unpaired) electrons. The molecular formula is C31H46N4O5S. The van der Waals surface area contributed by atoms with E-state index in [0.717, 1.165) is 83.5 Å². The maximum absolute atomic E-state index is 12.9. The second-order valence-electron chi connectivity index (χ2n) is 12.1. The molecule has 2 saturated heterocycles. The number of hydrogen-bond donors (Lipinski definition) is 0. The molecule has 41 heavy (non-hydrogen) atoms. The van der Waals surface area contributed by atoms with Crippen LogP contribution in [0.5, 0.6) is 0 Å². The average Bonchev–Trinajstić information content (AvgIpc) is 3.49. The lowest BCUT2D eigenvalue weighted by molar-refractivity contribution is -0.944. The van der Waals surface area contributed by atoms with Gasteiger partial charge < -0.3 is 21.8 Å². The third kappa shape index (κ3) is 7.20. The van der Waals surface area contributed by atoms with Gasteiger partial charge in [0.1, 0.15) is 0 Å². The number of unbranched alkanes of at least 4 members (excludes halogenated alkanes) is 1. The van der Waals surface area contributed by atoms with E-state index >= 15 is 0 Å². The molecule has 226 valence electrons. The van der Waals surface area contributed by atoms with E-state index in [0.29, 0.717) is 23.6 Å². The molecule has 0 bridgehead atoms. The zero-order valence-electron chi connectivity index (χ0n) is 24.9. The number of ether oxygens (including phenoxy) is 2. The Balaban J connectivity index is 0.00000387. The molecule has 2 atom stereocenters. The van der Waals surface area contributed by atoms with Crippen LogP contribution in [-0.2, 0) is 19.1 Å². The van der Waals surface area contributed by atoms with Crippen molar-refractivity contribution in [3.63, 3.8) is 0 Å². The van der Waals surface area contributed by atoms with Gasteiger partial charge in [0.2, 0.25) is 18.5 Å². The Kier molecular flexibility index (Phi) is 10.6. The van der Waals surface area contributed by atoms with Crippen LogP contribution < -0.4 is 4.90 Å². The fourth-order valence-electron chi connectivity index (χ4n) is 6.40. The van der Waals surface area contributed by atoms with Gasteiger partial charge in [0, 0.05) is 11.9 Å². The fourth-order valence-corrected chi connectivity index (χ4v) is 7.19. The minimum Gasteiger partial charge on any atom is -0.434 e. The summed E-state index contributed by atoms with van der Waals surface area (Å²) in [5, 5.41) is 1.18. The Morgan fingerprint density at radius 3 is 2.41 bits per heavy atom. The smallest absolute Gasteiger partial charge is 0.434 e. The van der Waals surface area contributed by atoms with Crippen molar-refractivity contribution in [2.24, 2.45) is 17.8 Å². The van der Waals surface area contributed by atoms with Crippen LogP contribution in [0.3, 0.4) is 0 Å². The van der Waals surface area contributed by atoms with Crippen LogP contribution in [-0.4, -0.2) is 84.3 Å². The largest absolute Gasteiger partial charge is 0.512 e. The highest BCUT2D eigenvalue weighted by Gasteiger charge is 2.47. The average molecular weight is 587 g/mol. The van der Waals surface area contributed by atoms with E-state index in [4.69, 9.17) is 13.8 Å². The third-order valence-corrected chi connectivity index (χ3v) is 9.73. The first kappa shape index (κ1) is 31.2. The molecule has 3 aliphatic rings. The molecule has 1 aromatic heterocycles. The number of rotatable bonds is 11. The molecule has 2 unspecified atom stereocenters. The number of carbonyl (C=O) groups excluding carboxylic acids is 3. The molecule has 9 nitrogen and oxygen atoms in total. The first-order chi connectivity index (χ1) is 19.4. The number of nitrogens with zero attached hydrogens (tertiary/aromatic N) is 4. The van der Waals surface area contributed by atoms with Gasteiger partial charge in [-0.2, -0.15) is 4.37 Å². The van der Waals surface area contributed by atoms with Crippen molar-refractivity contribution in [1.82, 2.24) is 9.27 Å².